The zero-order valence-electron chi connectivity index (χ0n) is 16.2. The van der Waals surface area contributed by atoms with E-state index < -0.39 is 18.0 Å². The Balaban J connectivity index is 1.96. The van der Waals surface area contributed by atoms with E-state index in [4.69, 9.17) is 10.5 Å². The Morgan fingerprint density at radius 1 is 1.04 bits per heavy atom. The second-order valence-electron chi connectivity index (χ2n) is 6.89. The summed E-state index contributed by atoms with van der Waals surface area (Å²) in [5, 5.41) is 4.60. The molecule has 1 atom stereocenters. The molecule has 0 aliphatic heterocycles. The number of amides is 1. The highest BCUT2D eigenvalue weighted by atomic mass is 16.5. The van der Waals surface area contributed by atoms with Gasteiger partial charge in [-0.25, -0.2) is 4.79 Å². The Hall–Kier alpha value is -3.41. The fourth-order valence-electron chi connectivity index (χ4n) is 2.74. The Bertz CT molecular complexity index is 989. The van der Waals surface area contributed by atoms with Crippen molar-refractivity contribution in [3.8, 4) is 11.3 Å². The molecule has 6 heteroatoms. The van der Waals surface area contributed by atoms with Crippen molar-refractivity contribution in [1.82, 2.24) is 9.78 Å². The molecule has 2 N–H and O–H groups in total. The van der Waals surface area contributed by atoms with E-state index in [9.17, 15) is 9.59 Å². The second-order valence-corrected chi connectivity index (χ2v) is 6.89. The lowest BCUT2D eigenvalue weighted by molar-refractivity contribution is -0.125. The lowest BCUT2D eigenvalue weighted by atomic mass is 10.1. The number of hydrogen-bond donors (Lipinski definition) is 1. The fraction of sp³-hybridized carbons (Fsp3) is 0.227. The van der Waals surface area contributed by atoms with Crippen LogP contribution in [0.5, 0.6) is 0 Å². The maximum absolute atomic E-state index is 12.6. The third kappa shape index (κ3) is 4.46. The molecule has 0 aliphatic rings. The van der Waals surface area contributed by atoms with E-state index in [-0.39, 0.29) is 0 Å². The third-order valence-corrected chi connectivity index (χ3v) is 4.46. The summed E-state index contributed by atoms with van der Waals surface area (Å²) in [6.07, 6.45) is 0.629. The van der Waals surface area contributed by atoms with Gasteiger partial charge in [-0.1, -0.05) is 59.7 Å². The molecule has 0 saturated heterocycles. The molecular weight excluding hydrogens is 354 g/mol. The minimum Gasteiger partial charge on any atom is -0.449 e. The van der Waals surface area contributed by atoms with Crippen LogP contribution in [-0.2, 0) is 16.1 Å². The lowest BCUT2D eigenvalue weighted by Crippen LogP contribution is -2.30. The van der Waals surface area contributed by atoms with Crippen molar-refractivity contribution in [2.45, 2.75) is 33.4 Å². The molecule has 0 bridgehead atoms. The number of esters is 1. The summed E-state index contributed by atoms with van der Waals surface area (Å²) >= 11 is 0. The second kappa shape index (κ2) is 8.08. The molecule has 0 spiro atoms. The van der Waals surface area contributed by atoms with Crippen LogP contribution in [0.25, 0.3) is 11.3 Å². The maximum atomic E-state index is 12.6. The van der Waals surface area contributed by atoms with Gasteiger partial charge < -0.3 is 10.5 Å². The quantitative estimate of drug-likeness (QED) is 0.668. The van der Waals surface area contributed by atoms with E-state index in [0.717, 1.165) is 16.7 Å². The lowest BCUT2D eigenvalue weighted by Gasteiger charge is -2.09. The van der Waals surface area contributed by atoms with Crippen molar-refractivity contribution in [2.24, 2.45) is 5.73 Å². The maximum Gasteiger partial charge on any atom is 0.342 e. The Kier molecular flexibility index (Phi) is 5.59. The van der Waals surface area contributed by atoms with Gasteiger partial charge >= 0.3 is 5.97 Å². The topological polar surface area (TPSA) is 87.2 Å². The zero-order valence-corrected chi connectivity index (χ0v) is 16.2. The summed E-state index contributed by atoms with van der Waals surface area (Å²) in [5.41, 5.74) is 10.2. The van der Waals surface area contributed by atoms with Gasteiger partial charge in [0.05, 0.1) is 6.54 Å². The van der Waals surface area contributed by atoms with Crippen LogP contribution in [0.2, 0.25) is 0 Å². The first-order chi connectivity index (χ1) is 13.3. The van der Waals surface area contributed by atoms with Gasteiger partial charge in [-0.2, -0.15) is 5.10 Å². The van der Waals surface area contributed by atoms with Crippen molar-refractivity contribution >= 4 is 11.9 Å². The van der Waals surface area contributed by atoms with Crippen molar-refractivity contribution in [3.63, 3.8) is 0 Å². The molecule has 2 aromatic carbocycles. The molecule has 1 heterocycles. The average molecular weight is 377 g/mol. The standard InChI is InChI=1S/C22H23N3O3/c1-14-4-8-17(9-5-14)12-25-13-19(22(27)28-16(3)21(23)26)20(24-25)18-10-6-15(2)7-11-18/h4-11,13,16H,12H2,1-3H3,(H2,23,26)/t16-/m0/s1. The fourth-order valence-corrected chi connectivity index (χ4v) is 2.74. The number of aromatic nitrogens is 2. The number of benzene rings is 2. The van der Waals surface area contributed by atoms with Gasteiger partial charge in [0.25, 0.3) is 5.91 Å². The number of carbonyl (C=O) groups excluding carboxylic acids is 2. The molecule has 144 valence electrons. The highest BCUT2D eigenvalue weighted by molar-refractivity contribution is 5.97. The third-order valence-electron chi connectivity index (χ3n) is 4.46. The molecule has 0 fully saturated rings. The number of carbonyl (C=O) groups is 2. The smallest absolute Gasteiger partial charge is 0.342 e. The first kappa shape index (κ1) is 19.4. The Labute approximate surface area is 163 Å². The van der Waals surface area contributed by atoms with E-state index in [1.54, 1.807) is 10.9 Å². The first-order valence-corrected chi connectivity index (χ1v) is 9.04. The van der Waals surface area contributed by atoms with Crippen molar-refractivity contribution in [1.29, 1.82) is 0 Å². The van der Waals surface area contributed by atoms with Gasteiger partial charge in [-0.15, -0.1) is 0 Å². The summed E-state index contributed by atoms with van der Waals surface area (Å²) in [4.78, 5) is 23.9. The normalized spacial score (nSPS) is 11.8. The number of hydrogen-bond acceptors (Lipinski definition) is 4. The zero-order chi connectivity index (χ0) is 20.3. The van der Waals surface area contributed by atoms with E-state index in [1.807, 2.05) is 62.4 Å². The minimum atomic E-state index is -1.01. The highest BCUT2D eigenvalue weighted by Crippen LogP contribution is 2.24. The van der Waals surface area contributed by atoms with Crippen molar-refractivity contribution < 1.29 is 14.3 Å². The molecule has 3 aromatic rings. The number of ether oxygens (including phenoxy) is 1. The summed E-state index contributed by atoms with van der Waals surface area (Å²) in [6, 6.07) is 15.8. The van der Waals surface area contributed by atoms with Crippen LogP contribution in [0, 0.1) is 13.8 Å². The van der Waals surface area contributed by atoms with Crippen LogP contribution in [0.15, 0.2) is 54.7 Å². The number of aryl methyl sites for hydroxylation is 2. The number of nitrogens with zero attached hydrogens (tertiary/aromatic N) is 2. The largest absolute Gasteiger partial charge is 0.449 e. The summed E-state index contributed by atoms with van der Waals surface area (Å²) < 4.78 is 6.90. The number of rotatable bonds is 6. The average Bonchev–Trinajstić information content (AvgIpc) is 3.08. The number of primary amides is 1. The Morgan fingerprint density at radius 2 is 1.61 bits per heavy atom. The highest BCUT2D eigenvalue weighted by Gasteiger charge is 2.23. The van der Waals surface area contributed by atoms with Crippen LogP contribution in [0.4, 0.5) is 0 Å². The van der Waals surface area contributed by atoms with Crippen molar-refractivity contribution in [3.05, 3.63) is 77.0 Å². The predicted molar refractivity (Wildman–Crippen MR) is 107 cm³/mol. The predicted octanol–water partition coefficient (Wildman–Crippen LogP) is 3.25. The molecule has 0 aliphatic carbocycles. The van der Waals surface area contributed by atoms with E-state index in [1.165, 1.54) is 12.5 Å². The summed E-state index contributed by atoms with van der Waals surface area (Å²) in [7, 11) is 0. The molecule has 0 radical (unpaired) electrons. The van der Waals surface area contributed by atoms with Gasteiger partial charge in [0.2, 0.25) is 0 Å². The van der Waals surface area contributed by atoms with Gasteiger partial charge in [0.1, 0.15) is 11.3 Å². The van der Waals surface area contributed by atoms with Crippen LogP contribution < -0.4 is 5.73 Å². The van der Waals surface area contributed by atoms with Gasteiger partial charge in [0.15, 0.2) is 6.10 Å². The molecular formula is C22H23N3O3. The van der Waals surface area contributed by atoms with Crippen LogP contribution in [0.1, 0.15) is 34.0 Å². The van der Waals surface area contributed by atoms with Gasteiger partial charge in [0, 0.05) is 11.8 Å². The van der Waals surface area contributed by atoms with Crippen molar-refractivity contribution in [2.75, 3.05) is 0 Å². The van der Waals surface area contributed by atoms with E-state index in [0.29, 0.717) is 17.8 Å². The Morgan fingerprint density at radius 3 is 2.18 bits per heavy atom. The van der Waals surface area contributed by atoms with Crippen LogP contribution in [-0.4, -0.2) is 27.8 Å². The molecule has 3 rings (SSSR count). The summed E-state index contributed by atoms with van der Waals surface area (Å²) in [6.45, 7) is 5.98. The van der Waals surface area contributed by atoms with Gasteiger partial charge in [-0.3, -0.25) is 9.48 Å². The van der Waals surface area contributed by atoms with E-state index in [2.05, 4.69) is 5.10 Å². The first-order valence-electron chi connectivity index (χ1n) is 9.04. The molecule has 1 aromatic heterocycles. The molecule has 1 amide bonds. The summed E-state index contributed by atoms with van der Waals surface area (Å²) in [5.74, 6) is -1.32. The minimum absolute atomic E-state index is 0.295. The molecule has 0 saturated carbocycles. The van der Waals surface area contributed by atoms with Crippen LogP contribution >= 0.6 is 0 Å². The SMILES string of the molecule is Cc1ccc(Cn2cc(C(=O)O[C@@H](C)C(N)=O)c(-c3ccc(C)cc3)n2)cc1. The molecule has 6 nitrogen and oxygen atoms in total. The molecule has 0 unspecified atom stereocenters. The number of nitrogens with two attached hydrogens (primary N) is 1. The van der Waals surface area contributed by atoms with Gasteiger partial charge in [-0.05, 0) is 26.3 Å². The van der Waals surface area contributed by atoms with E-state index >= 15 is 0 Å². The van der Waals surface area contributed by atoms with Crippen LogP contribution in [0.3, 0.4) is 0 Å². The molecule has 28 heavy (non-hydrogen) atoms. The monoisotopic (exact) mass is 377 g/mol.